The highest BCUT2D eigenvalue weighted by Gasteiger charge is 2.28. The molecule has 0 atom stereocenters. The molecule has 1 heterocycles. The number of sulfonamides is 1. The Morgan fingerprint density at radius 1 is 1.21 bits per heavy atom. The molecule has 0 aliphatic heterocycles. The second-order valence-electron chi connectivity index (χ2n) is 5.82. The van der Waals surface area contributed by atoms with Gasteiger partial charge in [0, 0.05) is 24.8 Å². The van der Waals surface area contributed by atoms with Crippen LogP contribution >= 0.6 is 0 Å². The zero-order valence-corrected chi connectivity index (χ0v) is 15.5. The van der Waals surface area contributed by atoms with Crippen LogP contribution in [0.3, 0.4) is 0 Å². The van der Waals surface area contributed by atoms with Crippen LogP contribution in [0.1, 0.15) is 31.1 Å². The molecule has 0 aliphatic rings. The molecule has 0 aliphatic carbocycles. The summed E-state index contributed by atoms with van der Waals surface area (Å²) in [7, 11) is -1.85. The van der Waals surface area contributed by atoms with Crippen LogP contribution in [0.4, 0.5) is 5.88 Å². The SMILES string of the molecule is CCCCN(c1oc(COC)c(C)c1-c1ccccc1)S(C)(=O)=O. The molecule has 0 bridgehead atoms. The molecular formula is C18H25NO4S. The topological polar surface area (TPSA) is 59.8 Å². The van der Waals surface area contributed by atoms with Crippen LogP contribution in [0.15, 0.2) is 34.7 Å². The van der Waals surface area contributed by atoms with E-state index in [9.17, 15) is 8.42 Å². The summed E-state index contributed by atoms with van der Waals surface area (Å²) in [6.45, 7) is 4.66. The Morgan fingerprint density at radius 3 is 2.42 bits per heavy atom. The summed E-state index contributed by atoms with van der Waals surface area (Å²) in [6, 6.07) is 9.70. The molecule has 0 radical (unpaired) electrons. The Morgan fingerprint density at radius 2 is 1.88 bits per heavy atom. The van der Waals surface area contributed by atoms with Crippen LogP contribution < -0.4 is 4.31 Å². The van der Waals surface area contributed by atoms with Gasteiger partial charge in [0.1, 0.15) is 12.4 Å². The van der Waals surface area contributed by atoms with E-state index in [0.717, 1.165) is 29.5 Å². The first kappa shape index (κ1) is 18.5. The van der Waals surface area contributed by atoms with Crippen molar-refractivity contribution in [2.24, 2.45) is 0 Å². The number of ether oxygens (including phenoxy) is 1. The molecule has 24 heavy (non-hydrogen) atoms. The quantitative estimate of drug-likeness (QED) is 0.722. The summed E-state index contributed by atoms with van der Waals surface area (Å²) in [5, 5.41) is 0. The number of anilines is 1. The lowest BCUT2D eigenvalue weighted by Gasteiger charge is -2.21. The number of nitrogens with zero attached hydrogens (tertiary/aromatic N) is 1. The van der Waals surface area contributed by atoms with E-state index >= 15 is 0 Å². The predicted molar refractivity (Wildman–Crippen MR) is 96.7 cm³/mol. The standard InChI is InChI=1S/C18H25NO4S/c1-5-6-12-19(24(4,20)21)18-17(15-10-8-7-9-11-15)14(2)16(23-18)13-22-3/h7-11H,5-6,12-13H2,1-4H3. The van der Waals surface area contributed by atoms with Gasteiger partial charge in [-0.25, -0.2) is 12.7 Å². The van der Waals surface area contributed by atoms with E-state index in [2.05, 4.69) is 0 Å². The third-order valence-electron chi connectivity index (χ3n) is 3.91. The van der Waals surface area contributed by atoms with E-state index < -0.39 is 10.0 Å². The average Bonchev–Trinajstić information content (AvgIpc) is 2.84. The molecule has 0 spiro atoms. The highest BCUT2D eigenvalue weighted by atomic mass is 32.2. The van der Waals surface area contributed by atoms with E-state index in [1.165, 1.54) is 10.6 Å². The van der Waals surface area contributed by atoms with Crippen LogP contribution in [0, 0.1) is 6.92 Å². The number of methoxy groups -OCH3 is 1. The Labute approximate surface area is 144 Å². The third kappa shape index (κ3) is 3.99. The minimum Gasteiger partial charge on any atom is -0.441 e. The van der Waals surface area contributed by atoms with Crippen molar-refractivity contribution in [3.05, 3.63) is 41.7 Å². The number of unbranched alkanes of at least 4 members (excludes halogenated alkanes) is 1. The molecule has 1 aromatic carbocycles. The highest BCUT2D eigenvalue weighted by molar-refractivity contribution is 7.92. The largest absolute Gasteiger partial charge is 0.441 e. The fraction of sp³-hybridized carbons (Fsp3) is 0.444. The van der Waals surface area contributed by atoms with Crippen molar-refractivity contribution >= 4 is 15.9 Å². The Hall–Kier alpha value is -1.79. The summed E-state index contributed by atoms with van der Waals surface area (Å²) < 4.78 is 37.2. The van der Waals surface area contributed by atoms with Crippen molar-refractivity contribution < 1.29 is 17.6 Å². The molecule has 6 heteroatoms. The molecule has 132 valence electrons. The van der Waals surface area contributed by atoms with Crippen LogP contribution in [0.25, 0.3) is 11.1 Å². The average molecular weight is 351 g/mol. The summed E-state index contributed by atoms with van der Waals surface area (Å²) in [5.41, 5.74) is 2.65. The molecule has 0 amide bonds. The van der Waals surface area contributed by atoms with E-state index in [1.54, 1.807) is 7.11 Å². The summed E-state index contributed by atoms with van der Waals surface area (Å²) in [5.74, 6) is 1.03. The lowest BCUT2D eigenvalue weighted by atomic mass is 10.0. The predicted octanol–water partition coefficient (Wildman–Crippen LogP) is 3.97. The first-order chi connectivity index (χ1) is 11.4. The molecule has 0 unspecified atom stereocenters. The molecule has 0 saturated carbocycles. The van der Waals surface area contributed by atoms with Gasteiger partial charge in [-0.3, -0.25) is 0 Å². The van der Waals surface area contributed by atoms with Gasteiger partial charge in [0.25, 0.3) is 0 Å². The van der Waals surface area contributed by atoms with Gasteiger partial charge in [-0.2, -0.15) is 0 Å². The van der Waals surface area contributed by atoms with Gasteiger partial charge in [-0.05, 0) is 18.9 Å². The number of hydrogen-bond donors (Lipinski definition) is 0. The normalized spacial score (nSPS) is 11.7. The van der Waals surface area contributed by atoms with Crippen LogP contribution in [-0.2, 0) is 21.4 Å². The monoisotopic (exact) mass is 351 g/mol. The fourth-order valence-electron chi connectivity index (χ4n) is 2.65. The number of rotatable bonds is 8. The lowest BCUT2D eigenvalue weighted by molar-refractivity contribution is 0.164. The maximum absolute atomic E-state index is 12.3. The van der Waals surface area contributed by atoms with Crippen molar-refractivity contribution in [1.29, 1.82) is 0 Å². The Balaban J connectivity index is 2.64. The summed E-state index contributed by atoms with van der Waals surface area (Å²) in [4.78, 5) is 0. The van der Waals surface area contributed by atoms with Gasteiger partial charge in [-0.15, -0.1) is 0 Å². The van der Waals surface area contributed by atoms with E-state index in [1.807, 2.05) is 44.2 Å². The fourth-order valence-corrected chi connectivity index (χ4v) is 3.54. The maximum atomic E-state index is 12.3. The number of furan rings is 1. The molecule has 0 fully saturated rings. The first-order valence-corrected chi connectivity index (χ1v) is 9.89. The highest BCUT2D eigenvalue weighted by Crippen LogP contribution is 2.39. The van der Waals surface area contributed by atoms with Crippen LogP contribution in [0.5, 0.6) is 0 Å². The smallest absolute Gasteiger partial charge is 0.234 e. The van der Waals surface area contributed by atoms with Crippen LogP contribution in [0.2, 0.25) is 0 Å². The van der Waals surface area contributed by atoms with Crippen molar-refractivity contribution in [2.45, 2.75) is 33.3 Å². The van der Waals surface area contributed by atoms with Crippen molar-refractivity contribution in [3.8, 4) is 11.1 Å². The van der Waals surface area contributed by atoms with Gasteiger partial charge < -0.3 is 9.15 Å². The van der Waals surface area contributed by atoms with Gasteiger partial charge in [0.15, 0.2) is 0 Å². The molecule has 5 nitrogen and oxygen atoms in total. The van der Waals surface area contributed by atoms with Gasteiger partial charge in [0.2, 0.25) is 15.9 Å². The lowest BCUT2D eigenvalue weighted by Crippen LogP contribution is -2.30. The molecule has 0 N–H and O–H groups in total. The zero-order valence-electron chi connectivity index (χ0n) is 14.7. The summed E-state index contributed by atoms with van der Waals surface area (Å²) in [6.07, 6.45) is 2.88. The number of benzene rings is 1. The van der Waals surface area contributed by atoms with Gasteiger partial charge in [0.05, 0.1) is 6.26 Å². The minimum atomic E-state index is -3.44. The summed E-state index contributed by atoms with van der Waals surface area (Å²) >= 11 is 0. The van der Waals surface area contributed by atoms with E-state index in [0.29, 0.717) is 24.8 Å². The van der Waals surface area contributed by atoms with Gasteiger partial charge >= 0.3 is 0 Å². The molecule has 1 aromatic heterocycles. The van der Waals surface area contributed by atoms with Crippen molar-refractivity contribution in [3.63, 3.8) is 0 Å². The molecule has 2 aromatic rings. The van der Waals surface area contributed by atoms with E-state index in [-0.39, 0.29) is 0 Å². The third-order valence-corrected chi connectivity index (χ3v) is 5.06. The van der Waals surface area contributed by atoms with Crippen molar-refractivity contribution in [1.82, 2.24) is 0 Å². The van der Waals surface area contributed by atoms with E-state index in [4.69, 9.17) is 9.15 Å². The minimum absolute atomic E-state index is 0.303. The molecule has 2 rings (SSSR count). The second-order valence-corrected chi connectivity index (χ2v) is 7.72. The Kier molecular flexibility index (Phi) is 6.07. The number of hydrogen-bond acceptors (Lipinski definition) is 4. The first-order valence-electron chi connectivity index (χ1n) is 8.04. The Bertz CT molecular complexity index is 766. The van der Waals surface area contributed by atoms with Crippen molar-refractivity contribution in [2.75, 3.05) is 24.2 Å². The van der Waals surface area contributed by atoms with Crippen LogP contribution in [-0.4, -0.2) is 28.3 Å². The molecular weight excluding hydrogens is 326 g/mol. The maximum Gasteiger partial charge on any atom is 0.234 e. The van der Waals surface area contributed by atoms with Gasteiger partial charge in [-0.1, -0.05) is 43.7 Å². The molecule has 0 saturated heterocycles. The second kappa shape index (κ2) is 7.85. The zero-order chi connectivity index (χ0) is 17.7.